The van der Waals surface area contributed by atoms with E-state index in [-0.39, 0.29) is 42.5 Å². The predicted molar refractivity (Wildman–Crippen MR) is 126 cm³/mol. The number of aromatic nitrogens is 3. The second-order valence-corrected chi connectivity index (χ2v) is 10.4. The van der Waals surface area contributed by atoms with Crippen LogP contribution in [0.2, 0.25) is 0 Å². The molecule has 12 heteroatoms. The van der Waals surface area contributed by atoms with Crippen LogP contribution in [0.25, 0.3) is 11.0 Å². The molecule has 2 aliphatic rings. The highest BCUT2D eigenvalue weighted by molar-refractivity contribution is 8.15. The molecule has 1 saturated carbocycles. The maximum atomic E-state index is 15.1. The smallest absolute Gasteiger partial charge is 0.253 e. The third-order valence-corrected chi connectivity index (χ3v) is 7.99. The first-order chi connectivity index (χ1) is 17.2. The van der Waals surface area contributed by atoms with Crippen molar-refractivity contribution in [2.75, 3.05) is 13.3 Å². The van der Waals surface area contributed by atoms with Crippen LogP contribution in [0.1, 0.15) is 36.6 Å². The lowest BCUT2D eigenvalue weighted by Crippen LogP contribution is -2.39. The number of fused-ring (bicyclic) bond motifs is 2. The fourth-order valence-corrected chi connectivity index (χ4v) is 6.16. The minimum atomic E-state index is -2.68. The molecule has 1 aliphatic carbocycles. The summed E-state index contributed by atoms with van der Waals surface area (Å²) in [6.45, 7) is 1.16. The summed E-state index contributed by atoms with van der Waals surface area (Å²) >= 11 is 0.801. The molecule has 0 spiro atoms. The van der Waals surface area contributed by atoms with Crippen molar-refractivity contribution < 1.29 is 26.7 Å². The number of benzene rings is 1. The Hall–Kier alpha value is -3.02. The molecule has 0 radical (unpaired) electrons. The van der Waals surface area contributed by atoms with E-state index in [1.54, 1.807) is 6.07 Å². The quantitative estimate of drug-likeness (QED) is 0.333. The van der Waals surface area contributed by atoms with E-state index in [9.17, 15) is 17.6 Å². The van der Waals surface area contributed by atoms with E-state index < -0.39 is 40.9 Å². The Labute approximate surface area is 207 Å². The number of thioether (sulfide) groups is 1. The van der Waals surface area contributed by atoms with E-state index in [1.165, 1.54) is 25.4 Å². The van der Waals surface area contributed by atoms with Crippen molar-refractivity contribution in [1.82, 2.24) is 15.0 Å². The van der Waals surface area contributed by atoms with Gasteiger partial charge in [0.2, 0.25) is 5.88 Å². The van der Waals surface area contributed by atoms with Crippen LogP contribution in [0, 0.1) is 17.6 Å². The standard InChI is InChI=1S/C24H22F5N5OS/c1-23(17-10-24(17,21(28)29)36-22(30)34-23)13-7-12(8-14(26)19(13)27)9-16-20-15(3-5-31-16)33-18(11-32-20)35-6-2-4-25/h3,5,7-8,11,17,21H,2,4,6,9-10H2,1H3,(H2,30,34)/t17-,23+,24-/m0/s1. The average molecular weight is 524 g/mol. The highest BCUT2D eigenvalue weighted by Crippen LogP contribution is 2.68. The molecule has 5 rings (SSSR count). The molecule has 3 atom stereocenters. The van der Waals surface area contributed by atoms with E-state index in [1.807, 2.05) is 0 Å². The summed E-state index contributed by atoms with van der Waals surface area (Å²) in [5.41, 5.74) is 6.02. The van der Waals surface area contributed by atoms with Gasteiger partial charge < -0.3 is 10.5 Å². The third kappa shape index (κ3) is 4.14. The molecule has 0 amide bonds. The first kappa shape index (κ1) is 24.7. The van der Waals surface area contributed by atoms with Crippen LogP contribution in [-0.4, -0.2) is 44.6 Å². The third-order valence-electron chi connectivity index (χ3n) is 6.68. The Bertz CT molecular complexity index is 1360. The van der Waals surface area contributed by atoms with Gasteiger partial charge in [-0.3, -0.25) is 14.4 Å². The number of nitrogens with two attached hydrogens (primary N) is 1. The Morgan fingerprint density at radius 3 is 2.81 bits per heavy atom. The van der Waals surface area contributed by atoms with Crippen molar-refractivity contribution in [3.63, 3.8) is 0 Å². The van der Waals surface area contributed by atoms with Gasteiger partial charge in [-0.25, -0.2) is 27.5 Å². The van der Waals surface area contributed by atoms with Crippen LogP contribution in [0.5, 0.6) is 5.88 Å². The Morgan fingerprint density at radius 2 is 2.06 bits per heavy atom. The molecular formula is C24H22F5N5OS. The van der Waals surface area contributed by atoms with Crippen LogP contribution in [-0.2, 0) is 12.0 Å². The summed E-state index contributed by atoms with van der Waals surface area (Å²) in [4.78, 5) is 17.3. The number of alkyl halides is 3. The number of ether oxygens (including phenoxy) is 1. The van der Waals surface area contributed by atoms with Crippen molar-refractivity contribution in [3.8, 4) is 5.88 Å². The van der Waals surface area contributed by atoms with Gasteiger partial charge in [-0.15, -0.1) is 0 Å². The van der Waals surface area contributed by atoms with Crippen LogP contribution in [0.15, 0.2) is 35.6 Å². The van der Waals surface area contributed by atoms with Gasteiger partial charge in [-0.05, 0) is 37.1 Å². The van der Waals surface area contributed by atoms with Crippen molar-refractivity contribution >= 4 is 28.0 Å². The first-order valence-electron chi connectivity index (χ1n) is 11.3. The van der Waals surface area contributed by atoms with Crippen molar-refractivity contribution in [2.45, 2.75) is 42.9 Å². The van der Waals surface area contributed by atoms with E-state index in [0.29, 0.717) is 22.3 Å². The predicted octanol–water partition coefficient (Wildman–Crippen LogP) is 4.93. The van der Waals surface area contributed by atoms with Crippen molar-refractivity contribution in [3.05, 3.63) is 59.0 Å². The van der Waals surface area contributed by atoms with Crippen LogP contribution in [0.4, 0.5) is 22.0 Å². The number of rotatable bonds is 8. The highest BCUT2D eigenvalue weighted by Gasteiger charge is 2.71. The molecule has 1 fully saturated rings. The molecular weight excluding hydrogens is 501 g/mol. The summed E-state index contributed by atoms with van der Waals surface area (Å²) in [6, 6.07) is 4.10. The van der Waals surface area contributed by atoms with Gasteiger partial charge >= 0.3 is 0 Å². The number of amidine groups is 1. The van der Waals surface area contributed by atoms with E-state index in [2.05, 4.69) is 19.9 Å². The Balaban J connectivity index is 1.49. The molecule has 1 aliphatic heterocycles. The zero-order chi connectivity index (χ0) is 25.7. The normalized spacial score (nSPS) is 25.1. The van der Waals surface area contributed by atoms with Crippen molar-refractivity contribution in [1.29, 1.82) is 0 Å². The molecule has 2 aromatic heterocycles. The van der Waals surface area contributed by atoms with Crippen LogP contribution >= 0.6 is 11.8 Å². The van der Waals surface area contributed by atoms with E-state index in [0.717, 1.165) is 17.8 Å². The molecule has 1 aromatic carbocycles. The maximum Gasteiger partial charge on any atom is 0.253 e. The monoisotopic (exact) mass is 523 g/mol. The summed E-state index contributed by atoms with van der Waals surface area (Å²) in [5.74, 6) is -2.72. The average Bonchev–Trinajstić information content (AvgIpc) is 3.58. The fraction of sp³-hybridized carbons (Fsp3) is 0.417. The van der Waals surface area contributed by atoms with Crippen LogP contribution < -0.4 is 10.5 Å². The molecule has 3 heterocycles. The van der Waals surface area contributed by atoms with Gasteiger partial charge in [0, 0.05) is 30.5 Å². The lowest BCUT2D eigenvalue weighted by Gasteiger charge is -2.34. The molecule has 2 N–H and O–H groups in total. The van der Waals surface area contributed by atoms with Gasteiger partial charge in [0.25, 0.3) is 6.43 Å². The maximum absolute atomic E-state index is 15.1. The second kappa shape index (κ2) is 9.13. The molecule has 190 valence electrons. The minimum absolute atomic E-state index is 0.0763. The Morgan fingerprint density at radius 1 is 1.25 bits per heavy atom. The Kier molecular flexibility index (Phi) is 6.26. The fourth-order valence-electron chi connectivity index (χ4n) is 4.83. The SMILES string of the molecule is C[C@]1(c2cc(Cc3nccc4nc(OCCCF)cnc34)cc(F)c2F)N=C(N)S[C@@]2(C(F)F)C[C@@H]12. The van der Waals surface area contributed by atoms with Gasteiger partial charge in [-0.1, -0.05) is 11.8 Å². The van der Waals surface area contributed by atoms with Gasteiger partial charge in [0.15, 0.2) is 16.8 Å². The van der Waals surface area contributed by atoms with Gasteiger partial charge in [-0.2, -0.15) is 0 Å². The van der Waals surface area contributed by atoms with E-state index >= 15 is 4.39 Å². The van der Waals surface area contributed by atoms with Crippen molar-refractivity contribution in [2.24, 2.45) is 16.6 Å². The first-order valence-corrected chi connectivity index (χ1v) is 12.1. The molecule has 0 bridgehead atoms. The topological polar surface area (TPSA) is 86.3 Å². The lowest BCUT2D eigenvalue weighted by molar-refractivity contribution is 0.123. The number of hydrogen-bond acceptors (Lipinski definition) is 7. The number of pyridine rings is 1. The summed E-state index contributed by atoms with van der Waals surface area (Å²) in [7, 11) is 0. The van der Waals surface area contributed by atoms with Crippen LogP contribution in [0.3, 0.4) is 0 Å². The van der Waals surface area contributed by atoms with E-state index in [4.69, 9.17) is 10.5 Å². The number of halogens is 5. The number of nitrogens with zero attached hydrogens (tertiary/aromatic N) is 4. The zero-order valence-corrected chi connectivity index (χ0v) is 20.0. The molecule has 0 saturated heterocycles. The lowest BCUT2D eigenvalue weighted by atomic mass is 9.84. The zero-order valence-electron chi connectivity index (χ0n) is 19.1. The molecule has 36 heavy (non-hydrogen) atoms. The molecule has 6 nitrogen and oxygen atoms in total. The largest absolute Gasteiger partial charge is 0.476 e. The summed E-state index contributed by atoms with van der Waals surface area (Å²) < 4.78 is 73.8. The highest BCUT2D eigenvalue weighted by atomic mass is 32.2. The van der Waals surface area contributed by atoms with Gasteiger partial charge in [0.05, 0.1) is 41.0 Å². The number of aliphatic imine (C=N–C) groups is 1. The summed E-state index contributed by atoms with van der Waals surface area (Å²) in [6.07, 6.45) is 0.611. The molecule has 3 aromatic rings. The number of hydrogen-bond donors (Lipinski definition) is 1. The minimum Gasteiger partial charge on any atom is -0.476 e. The molecule has 0 unspecified atom stereocenters. The van der Waals surface area contributed by atoms with Gasteiger partial charge in [0.1, 0.15) is 5.52 Å². The summed E-state index contributed by atoms with van der Waals surface area (Å²) in [5, 5.41) is -0.0766. The second-order valence-electron chi connectivity index (χ2n) is 9.05.